The summed E-state index contributed by atoms with van der Waals surface area (Å²) >= 11 is 0. The van der Waals surface area contributed by atoms with Crippen LogP contribution < -0.4 is 0 Å². The van der Waals surface area contributed by atoms with Crippen molar-refractivity contribution in [2.45, 2.75) is 37.9 Å². The first-order valence-electron chi connectivity index (χ1n) is 5.33. The number of rotatable bonds is 2. The molecule has 1 spiro atoms. The van der Waals surface area contributed by atoms with Gasteiger partial charge in [-0.1, -0.05) is 6.08 Å². The molecule has 0 amide bonds. The van der Waals surface area contributed by atoms with E-state index in [2.05, 4.69) is 0 Å². The molecule has 84 valence electrons. The highest BCUT2D eigenvalue weighted by Gasteiger charge is 2.62. The molecule has 1 aliphatic heterocycles. The number of hydrogen-bond acceptors (Lipinski definition) is 3. The third-order valence-electron chi connectivity index (χ3n) is 3.63. The van der Waals surface area contributed by atoms with E-state index in [0.717, 1.165) is 24.2 Å². The van der Waals surface area contributed by atoms with Gasteiger partial charge in [-0.05, 0) is 31.9 Å². The minimum Gasteiger partial charge on any atom is -0.501 e. The number of ether oxygens (including phenoxy) is 2. The van der Waals surface area contributed by atoms with Crippen molar-refractivity contribution >= 4 is 0 Å². The van der Waals surface area contributed by atoms with Gasteiger partial charge < -0.3 is 14.6 Å². The zero-order chi connectivity index (χ0) is 11.1. The molecule has 1 aliphatic carbocycles. The van der Waals surface area contributed by atoms with Gasteiger partial charge in [-0.2, -0.15) is 0 Å². The van der Waals surface area contributed by atoms with E-state index >= 15 is 0 Å². The molecule has 15 heavy (non-hydrogen) atoms. The molecule has 1 heterocycles. The lowest BCUT2D eigenvalue weighted by atomic mass is 9.75. The van der Waals surface area contributed by atoms with Crippen LogP contribution in [0.25, 0.3) is 0 Å². The zero-order valence-corrected chi connectivity index (χ0v) is 9.54. The monoisotopic (exact) mass is 210 g/mol. The van der Waals surface area contributed by atoms with Gasteiger partial charge in [0.1, 0.15) is 11.2 Å². The molecule has 2 rings (SSSR count). The molecule has 2 aliphatic rings. The SMILES string of the molecule is CC=C(C)C1(O)C=C(OC)CCC12CO2. The Morgan fingerprint density at radius 2 is 2.33 bits per heavy atom. The fraction of sp³-hybridized carbons (Fsp3) is 0.667. The summed E-state index contributed by atoms with van der Waals surface area (Å²) in [4.78, 5) is 0. The fourth-order valence-corrected chi connectivity index (χ4v) is 2.26. The summed E-state index contributed by atoms with van der Waals surface area (Å²) in [6.45, 7) is 4.50. The molecule has 0 aromatic carbocycles. The lowest BCUT2D eigenvalue weighted by Gasteiger charge is -2.36. The van der Waals surface area contributed by atoms with E-state index in [1.165, 1.54) is 0 Å². The quantitative estimate of drug-likeness (QED) is 0.558. The third kappa shape index (κ3) is 1.42. The highest BCUT2D eigenvalue weighted by molar-refractivity contribution is 5.37. The van der Waals surface area contributed by atoms with Crippen LogP contribution in [0.3, 0.4) is 0 Å². The van der Waals surface area contributed by atoms with Gasteiger partial charge in [0.2, 0.25) is 0 Å². The van der Waals surface area contributed by atoms with E-state index < -0.39 is 5.60 Å². The molecule has 1 N–H and O–H groups in total. The molecular formula is C12H18O3. The molecule has 0 radical (unpaired) electrons. The number of aliphatic hydroxyl groups is 1. The molecule has 1 saturated heterocycles. The van der Waals surface area contributed by atoms with Gasteiger partial charge in [0.05, 0.1) is 19.5 Å². The highest BCUT2D eigenvalue weighted by Crippen LogP contribution is 2.50. The minimum absolute atomic E-state index is 0.383. The van der Waals surface area contributed by atoms with Crippen molar-refractivity contribution < 1.29 is 14.6 Å². The van der Waals surface area contributed by atoms with Crippen molar-refractivity contribution in [3.63, 3.8) is 0 Å². The van der Waals surface area contributed by atoms with Gasteiger partial charge in [-0.15, -0.1) is 0 Å². The smallest absolute Gasteiger partial charge is 0.138 e. The van der Waals surface area contributed by atoms with Crippen molar-refractivity contribution in [1.82, 2.24) is 0 Å². The van der Waals surface area contributed by atoms with Crippen LogP contribution in [0, 0.1) is 0 Å². The molecule has 2 atom stereocenters. The predicted molar refractivity (Wildman–Crippen MR) is 57.4 cm³/mol. The summed E-state index contributed by atoms with van der Waals surface area (Å²) < 4.78 is 10.7. The van der Waals surface area contributed by atoms with E-state index in [0.29, 0.717) is 6.61 Å². The number of hydrogen-bond donors (Lipinski definition) is 1. The van der Waals surface area contributed by atoms with Crippen molar-refractivity contribution in [3.8, 4) is 0 Å². The Morgan fingerprint density at radius 3 is 2.80 bits per heavy atom. The van der Waals surface area contributed by atoms with E-state index in [1.54, 1.807) is 13.2 Å². The first-order valence-corrected chi connectivity index (χ1v) is 5.33. The summed E-state index contributed by atoms with van der Waals surface area (Å²) in [5, 5.41) is 10.7. The third-order valence-corrected chi connectivity index (χ3v) is 3.63. The number of allylic oxidation sites excluding steroid dienone is 2. The van der Waals surface area contributed by atoms with Crippen molar-refractivity contribution in [3.05, 3.63) is 23.5 Å². The molecule has 0 bridgehead atoms. The lowest BCUT2D eigenvalue weighted by molar-refractivity contribution is 0.0154. The second-order valence-electron chi connectivity index (χ2n) is 4.34. The Labute approximate surface area is 90.4 Å². The molecule has 0 saturated carbocycles. The summed E-state index contributed by atoms with van der Waals surface area (Å²) in [6.07, 6.45) is 5.40. The molecule has 1 fully saturated rings. The topological polar surface area (TPSA) is 42.0 Å². The van der Waals surface area contributed by atoms with Gasteiger partial charge in [0.15, 0.2) is 0 Å². The standard InChI is InChI=1S/C12H18O3/c1-4-9(2)12(13)7-10(14-3)5-6-11(12)8-15-11/h4,7,13H,5-6,8H2,1-3H3. The van der Waals surface area contributed by atoms with Gasteiger partial charge >= 0.3 is 0 Å². The second kappa shape index (κ2) is 3.35. The number of epoxide rings is 1. The molecule has 0 aromatic rings. The van der Waals surface area contributed by atoms with Gasteiger partial charge in [-0.25, -0.2) is 0 Å². The van der Waals surface area contributed by atoms with Crippen LogP contribution in [0.1, 0.15) is 26.7 Å². The minimum atomic E-state index is -0.981. The lowest BCUT2D eigenvalue weighted by Crippen LogP contribution is -2.47. The molecule has 0 aromatic heterocycles. The van der Waals surface area contributed by atoms with Crippen LogP contribution in [0.5, 0.6) is 0 Å². The van der Waals surface area contributed by atoms with Gasteiger partial charge in [-0.3, -0.25) is 0 Å². The Morgan fingerprint density at radius 1 is 1.67 bits per heavy atom. The van der Waals surface area contributed by atoms with E-state index in [1.807, 2.05) is 19.9 Å². The van der Waals surface area contributed by atoms with Crippen molar-refractivity contribution in [1.29, 1.82) is 0 Å². The van der Waals surface area contributed by atoms with Crippen LogP contribution in [-0.2, 0) is 9.47 Å². The van der Waals surface area contributed by atoms with E-state index in [4.69, 9.17) is 9.47 Å². The van der Waals surface area contributed by atoms with Crippen LogP contribution in [0.2, 0.25) is 0 Å². The Kier molecular flexibility index (Phi) is 2.40. The first kappa shape index (κ1) is 10.7. The van der Waals surface area contributed by atoms with Crippen molar-refractivity contribution in [2.75, 3.05) is 13.7 Å². The largest absolute Gasteiger partial charge is 0.501 e. The Bertz CT molecular complexity index is 326. The maximum absolute atomic E-state index is 10.7. The summed E-state index contributed by atoms with van der Waals surface area (Å²) in [6, 6.07) is 0. The molecule has 2 unspecified atom stereocenters. The van der Waals surface area contributed by atoms with Crippen LogP contribution in [0.15, 0.2) is 23.5 Å². The van der Waals surface area contributed by atoms with E-state index in [9.17, 15) is 5.11 Å². The van der Waals surface area contributed by atoms with Crippen LogP contribution in [-0.4, -0.2) is 30.0 Å². The first-order chi connectivity index (χ1) is 7.08. The normalized spacial score (nSPS) is 40.3. The maximum Gasteiger partial charge on any atom is 0.138 e. The maximum atomic E-state index is 10.7. The fourth-order valence-electron chi connectivity index (χ4n) is 2.26. The summed E-state index contributed by atoms with van der Waals surface area (Å²) in [5.74, 6) is 0.847. The second-order valence-corrected chi connectivity index (χ2v) is 4.34. The predicted octanol–water partition coefficient (Wildman–Crippen LogP) is 1.78. The Hall–Kier alpha value is -0.800. The van der Waals surface area contributed by atoms with Crippen molar-refractivity contribution in [2.24, 2.45) is 0 Å². The van der Waals surface area contributed by atoms with Gasteiger partial charge in [0, 0.05) is 6.42 Å². The average molecular weight is 210 g/mol. The summed E-state index contributed by atoms with van der Waals surface area (Å²) in [5.41, 5.74) is -0.439. The Balaban J connectivity index is 2.40. The molecule has 3 nitrogen and oxygen atoms in total. The molecule has 3 heteroatoms. The zero-order valence-electron chi connectivity index (χ0n) is 9.54. The van der Waals surface area contributed by atoms with Crippen LogP contribution >= 0.6 is 0 Å². The molecular weight excluding hydrogens is 192 g/mol. The van der Waals surface area contributed by atoms with E-state index in [-0.39, 0.29) is 5.60 Å². The summed E-state index contributed by atoms with van der Waals surface area (Å²) in [7, 11) is 1.64. The number of methoxy groups -OCH3 is 1. The van der Waals surface area contributed by atoms with Gasteiger partial charge in [0.25, 0.3) is 0 Å². The average Bonchev–Trinajstić information content (AvgIpc) is 3.03. The van der Waals surface area contributed by atoms with Crippen LogP contribution in [0.4, 0.5) is 0 Å². The highest BCUT2D eigenvalue weighted by atomic mass is 16.6.